The average molecular weight is 915 g/mol. The average Bonchev–Trinajstić information content (AvgIpc) is 3.52. The summed E-state index contributed by atoms with van der Waals surface area (Å²) in [6, 6.07) is 11.4. The largest absolute Gasteiger partial charge is 0.507 e. The van der Waals surface area contributed by atoms with E-state index in [2.05, 4.69) is 62.9 Å². The summed E-state index contributed by atoms with van der Waals surface area (Å²) in [6.07, 6.45) is 50.4. The number of nitro benzene ring substituents is 1. The number of carbonyl (C=O) groups is 1. The first-order valence-corrected chi connectivity index (χ1v) is 27.9. The van der Waals surface area contributed by atoms with E-state index < -0.39 is 4.92 Å². The maximum atomic E-state index is 12.7. The number of nitrogens with zero attached hydrogens (tertiary/aromatic N) is 2. The van der Waals surface area contributed by atoms with Gasteiger partial charge in [-0.05, 0) is 24.5 Å². The molecule has 0 radical (unpaired) electrons. The number of rotatable bonds is 42. The number of benzene rings is 2. The number of carbonyl (C=O) groups excluding carboxylic acids is 1. The lowest BCUT2D eigenvalue weighted by atomic mass is 9.80. The van der Waals surface area contributed by atoms with E-state index in [0.29, 0.717) is 12.0 Å². The van der Waals surface area contributed by atoms with Gasteiger partial charge in [0.2, 0.25) is 0 Å². The van der Waals surface area contributed by atoms with Crippen LogP contribution in [-0.2, 0) is 21.6 Å². The summed E-state index contributed by atoms with van der Waals surface area (Å²) >= 11 is 0. The first-order chi connectivity index (χ1) is 32.2. The Balaban J connectivity index is 1.36. The zero-order valence-electron chi connectivity index (χ0n) is 43.0. The van der Waals surface area contributed by atoms with Gasteiger partial charge in [0.05, 0.1) is 11.0 Å². The van der Waals surface area contributed by atoms with Crippen molar-refractivity contribution < 1.29 is 19.6 Å². The minimum Gasteiger partial charge on any atom is -0.507 e. The van der Waals surface area contributed by atoms with E-state index >= 15 is 0 Å². The van der Waals surface area contributed by atoms with Crippen molar-refractivity contribution in [3.63, 3.8) is 0 Å². The topological polar surface area (TPSA) is 92.9 Å². The summed E-state index contributed by atoms with van der Waals surface area (Å²) in [6.45, 7) is 9.81. The third-order valence-electron chi connectivity index (χ3n) is 14.5. The van der Waals surface area contributed by atoms with Crippen LogP contribution in [0.2, 0.25) is 0 Å². The van der Waals surface area contributed by atoms with E-state index in [0.717, 1.165) is 32.2 Å². The lowest BCUT2D eigenvalue weighted by Gasteiger charge is -2.32. The third kappa shape index (κ3) is 23.1. The summed E-state index contributed by atoms with van der Waals surface area (Å²) in [5.41, 5.74) is 2.81. The highest BCUT2D eigenvalue weighted by Gasteiger charge is 2.42. The minimum atomic E-state index is -0.445. The third-order valence-corrected chi connectivity index (χ3v) is 14.5. The molecule has 7 nitrogen and oxygen atoms in total. The van der Waals surface area contributed by atoms with Gasteiger partial charge < -0.3 is 14.7 Å². The number of unbranched alkanes of at least 4 members (excludes halogenated alkanes) is 33. The molecule has 1 aliphatic rings. The second-order valence-corrected chi connectivity index (χ2v) is 20.6. The molecule has 0 bridgehead atoms. The van der Waals surface area contributed by atoms with Gasteiger partial charge in [0.1, 0.15) is 12.4 Å². The standard InChI is InChI=1S/C59H98N2O5/c1-5-7-9-11-13-15-17-19-21-23-24-25-26-28-30-32-34-36-38-44-57(62)66-50-52-49-53(61(64)65)48-51(58(52)63)45-46-56-59(3,4)54-42-39-40-43-55(54)60(56)47-41-37-35-33-31-29-27-22-20-18-16-14-12-10-8-6-2/h39-40,42-43,45-46,48-49,56,63H,5-38,41,44,47,50H2,1-4H3/b46-45+. The number of phenolic OH excluding ortho intramolecular Hbond substituents is 1. The quantitative estimate of drug-likeness (QED) is 0.0309. The number of fused-ring (bicyclic) bond motifs is 1. The maximum absolute atomic E-state index is 12.7. The molecule has 1 unspecified atom stereocenters. The number of para-hydroxylation sites is 1. The number of hydrogen-bond donors (Lipinski definition) is 1. The number of phenols is 1. The van der Waals surface area contributed by atoms with E-state index in [1.807, 2.05) is 6.08 Å². The molecule has 3 rings (SSSR count). The Hall–Kier alpha value is -3.35. The Morgan fingerprint density at radius 3 is 1.48 bits per heavy atom. The van der Waals surface area contributed by atoms with Gasteiger partial charge in [-0.3, -0.25) is 14.9 Å². The molecule has 0 aliphatic carbocycles. The summed E-state index contributed by atoms with van der Waals surface area (Å²) in [5.74, 6) is -0.411. The van der Waals surface area contributed by atoms with Crippen LogP contribution in [0, 0.1) is 10.1 Å². The van der Waals surface area contributed by atoms with Crippen LogP contribution in [-0.4, -0.2) is 28.6 Å². The van der Waals surface area contributed by atoms with Gasteiger partial charge >= 0.3 is 5.97 Å². The number of non-ortho nitro benzene ring substituents is 1. The zero-order valence-corrected chi connectivity index (χ0v) is 43.0. The molecule has 0 saturated carbocycles. The Morgan fingerprint density at radius 2 is 1.05 bits per heavy atom. The van der Waals surface area contributed by atoms with E-state index in [-0.39, 0.29) is 41.0 Å². The Morgan fingerprint density at radius 1 is 0.636 bits per heavy atom. The molecule has 1 atom stereocenters. The molecule has 1 aliphatic heterocycles. The lowest BCUT2D eigenvalue weighted by molar-refractivity contribution is -0.385. The van der Waals surface area contributed by atoms with Crippen molar-refractivity contribution in [3.05, 3.63) is 69.3 Å². The molecule has 66 heavy (non-hydrogen) atoms. The van der Waals surface area contributed by atoms with Crippen molar-refractivity contribution in [2.24, 2.45) is 0 Å². The fourth-order valence-electron chi connectivity index (χ4n) is 10.2. The summed E-state index contributed by atoms with van der Waals surface area (Å²) < 4.78 is 5.57. The first-order valence-electron chi connectivity index (χ1n) is 27.9. The number of esters is 1. The van der Waals surface area contributed by atoms with Crippen molar-refractivity contribution in [3.8, 4) is 5.75 Å². The number of hydrogen-bond acceptors (Lipinski definition) is 6. The fourth-order valence-corrected chi connectivity index (χ4v) is 10.2. The van der Waals surface area contributed by atoms with E-state index in [1.54, 1.807) is 0 Å². The van der Waals surface area contributed by atoms with Crippen LogP contribution in [0.4, 0.5) is 11.4 Å². The van der Waals surface area contributed by atoms with Crippen molar-refractivity contribution in [1.29, 1.82) is 0 Å². The Kier molecular flexibility index (Phi) is 30.9. The van der Waals surface area contributed by atoms with Gasteiger partial charge in [-0.1, -0.05) is 270 Å². The molecule has 0 amide bonds. The van der Waals surface area contributed by atoms with Gasteiger partial charge in [0.15, 0.2) is 0 Å². The lowest BCUT2D eigenvalue weighted by Crippen LogP contribution is -2.40. The smallest absolute Gasteiger partial charge is 0.306 e. The van der Waals surface area contributed by atoms with Crippen molar-refractivity contribution in [1.82, 2.24) is 0 Å². The monoisotopic (exact) mass is 915 g/mol. The fraction of sp³-hybridized carbons (Fsp3) is 0.746. The molecular weight excluding hydrogens is 817 g/mol. The van der Waals surface area contributed by atoms with Crippen LogP contribution < -0.4 is 4.90 Å². The Labute approximate surface area is 404 Å². The predicted molar refractivity (Wildman–Crippen MR) is 282 cm³/mol. The van der Waals surface area contributed by atoms with Crippen LogP contribution in [0.25, 0.3) is 6.08 Å². The van der Waals surface area contributed by atoms with Crippen LogP contribution in [0.1, 0.15) is 276 Å². The molecule has 2 aromatic carbocycles. The van der Waals surface area contributed by atoms with Gasteiger partial charge in [0.25, 0.3) is 5.69 Å². The normalized spacial score (nSPS) is 14.4. The number of nitro groups is 1. The second kappa shape index (κ2) is 35.7. The molecule has 0 fully saturated rings. The summed E-state index contributed by atoms with van der Waals surface area (Å²) in [5, 5.41) is 23.4. The molecule has 374 valence electrons. The van der Waals surface area contributed by atoms with Gasteiger partial charge in [0, 0.05) is 47.3 Å². The highest BCUT2D eigenvalue weighted by Crippen LogP contribution is 2.46. The molecule has 1 N–H and O–H groups in total. The molecule has 7 heteroatoms. The molecule has 2 aromatic rings. The molecular formula is C59H98N2O5. The molecule has 0 saturated heterocycles. The van der Waals surface area contributed by atoms with E-state index in [4.69, 9.17) is 4.74 Å². The van der Waals surface area contributed by atoms with Crippen LogP contribution in [0.3, 0.4) is 0 Å². The van der Waals surface area contributed by atoms with Gasteiger partial charge in [-0.15, -0.1) is 0 Å². The van der Waals surface area contributed by atoms with Crippen LogP contribution in [0.15, 0.2) is 42.5 Å². The van der Waals surface area contributed by atoms with Crippen molar-refractivity contribution in [2.45, 2.75) is 277 Å². The van der Waals surface area contributed by atoms with Crippen LogP contribution >= 0.6 is 0 Å². The SMILES string of the molecule is CCCCCCCCCCCCCCCCCCCCCC(=O)OCc1cc([N+](=O)[O-])cc(/C=C/C2N(CCCCCCCCCCCCCCCCCC)c3ccccc3C2(C)C)c1O. The predicted octanol–water partition coefficient (Wildman–Crippen LogP) is 18.6. The number of anilines is 1. The van der Waals surface area contributed by atoms with Gasteiger partial charge in [-0.2, -0.15) is 0 Å². The highest BCUT2D eigenvalue weighted by molar-refractivity contribution is 5.71. The first kappa shape index (κ1) is 57.0. The maximum Gasteiger partial charge on any atom is 0.306 e. The summed E-state index contributed by atoms with van der Waals surface area (Å²) in [7, 11) is 0. The minimum absolute atomic E-state index is 0.00499. The molecule has 0 aromatic heterocycles. The Bertz CT molecular complexity index is 1600. The molecule has 1 heterocycles. The van der Waals surface area contributed by atoms with Gasteiger partial charge in [-0.25, -0.2) is 0 Å². The highest BCUT2D eigenvalue weighted by atomic mass is 16.6. The number of aromatic hydroxyl groups is 1. The van der Waals surface area contributed by atoms with Crippen molar-refractivity contribution >= 4 is 23.4 Å². The second-order valence-electron chi connectivity index (χ2n) is 20.6. The van der Waals surface area contributed by atoms with Crippen LogP contribution in [0.5, 0.6) is 5.75 Å². The number of ether oxygens (including phenoxy) is 1. The van der Waals surface area contributed by atoms with E-state index in [9.17, 15) is 20.0 Å². The van der Waals surface area contributed by atoms with Crippen molar-refractivity contribution in [2.75, 3.05) is 11.4 Å². The zero-order chi connectivity index (χ0) is 47.5. The molecule has 0 spiro atoms. The summed E-state index contributed by atoms with van der Waals surface area (Å²) in [4.78, 5) is 26.8. The van der Waals surface area contributed by atoms with E-state index in [1.165, 1.54) is 222 Å².